The van der Waals surface area contributed by atoms with Crippen molar-refractivity contribution in [3.05, 3.63) is 194 Å². The Morgan fingerprint density at radius 2 is 1.00 bits per heavy atom. The zero-order valence-electron chi connectivity index (χ0n) is 32.2. The highest BCUT2D eigenvalue weighted by Crippen LogP contribution is 2.44. The van der Waals surface area contributed by atoms with E-state index in [9.17, 15) is 0 Å². The van der Waals surface area contributed by atoms with Crippen molar-refractivity contribution in [3.63, 3.8) is 0 Å². The first-order chi connectivity index (χ1) is 29.7. The Balaban J connectivity index is 1.11. The van der Waals surface area contributed by atoms with Crippen LogP contribution in [0.5, 0.6) is 0 Å². The van der Waals surface area contributed by atoms with Gasteiger partial charge in [-0.1, -0.05) is 158 Å². The molecule has 0 amide bonds. The summed E-state index contributed by atoms with van der Waals surface area (Å²) in [6, 6.07) is 68.7. The van der Waals surface area contributed by atoms with Crippen molar-refractivity contribution >= 4 is 86.8 Å². The predicted octanol–water partition coefficient (Wildman–Crippen LogP) is 14.5. The lowest BCUT2D eigenvalue weighted by atomic mass is 9.98. The number of aromatic nitrogens is 4. The highest BCUT2D eigenvalue weighted by atomic mass is 16.3. The van der Waals surface area contributed by atoms with Crippen LogP contribution in [0.15, 0.2) is 199 Å². The largest absolute Gasteiger partial charge is 0.455 e. The molecular weight excluding hydrogens is 733 g/mol. The maximum Gasteiger partial charge on any atom is 0.167 e. The van der Waals surface area contributed by atoms with Gasteiger partial charge in [0.2, 0.25) is 0 Å². The van der Waals surface area contributed by atoms with Crippen molar-refractivity contribution in [2.45, 2.75) is 0 Å². The van der Waals surface area contributed by atoms with Gasteiger partial charge in [-0.2, -0.15) is 0 Å². The molecule has 0 aliphatic carbocycles. The van der Waals surface area contributed by atoms with Crippen LogP contribution in [0, 0.1) is 0 Å². The molecule has 0 aliphatic heterocycles. The zero-order chi connectivity index (χ0) is 39.3. The van der Waals surface area contributed by atoms with Gasteiger partial charge >= 0.3 is 0 Å². The number of para-hydroxylation sites is 1. The fourth-order valence-corrected chi connectivity index (χ4v) is 9.40. The molecule has 0 unspecified atom stereocenters. The van der Waals surface area contributed by atoms with E-state index < -0.39 is 0 Å². The molecule has 0 atom stereocenters. The van der Waals surface area contributed by atoms with Crippen LogP contribution in [-0.4, -0.2) is 19.5 Å². The van der Waals surface area contributed by atoms with Gasteiger partial charge in [0.05, 0.1) is 16.6 Å². The van der Waals surface area contributed by atoms with E-state index in [4.69, 9.17) is 19.4 Å². The van der Waals surface area contributed by atoms with Crippen molar-refractivity contribution in [2.75, 3.05) is 0 Å². The Morgan fingerprint density at radius 3 is 1.83 bits per heavy atom. The summed E-state index contributed by atoms with van der Waals surface area (Å²) in [7, 11) is 0. The molecule has 60 heavy (non-hydrogen) atoms. The van der Waals surface area contributed by atoms with Crippen LogP contribution in [0.2, 0.25) is 0 Å². The lowest BCUT2D eigenvalue weighted by Crippen LogP contribution is -2.01. The molecule has 0 aliphatic rings. The average Bonchev–Trinajstić information content (AvgIpc) is 3.87. The average molecular weight is 765 g/mol. The van der Waals surface area contributed by atoms with E-state index in [1.54, 1.807) is 0 Å². The molecule has 0 fully saturated rings. The number of fused-ring (bicyclic) bond motifs is 12. The first-order valence-electron chi connectivity index (χ1n) is 20.3. The molecule has 10 aromatic carbocycles. The molecule has 3 aromatic heterocycles. The monoisotopic (exact) mass is 764 g/mol. The van der Waals surface area contributed by atoms with Crippen molar-refractivity contribution in [1.82, 2.24) is 19.5 Å². The summed E-state index contributed by atoms with van der Waals surface area (Å²) >= 11 is 0. The van der Waals surface area contributed by atoms with Gasteiger partial charge in [0.15, 0.2) is 17.5 Å². The van der Waals surface area contributed by atoms with Crippen LogP contribution in [-0.2, 0) is 0 Å². The molecule has 0 N–H and O–H groups in total. The van der Waals surface area contributed by atoms with Crippen LogP contribution in [0.1, 0.15) is 0 Å². The number of furan rings is 1. The molecule has 0 radical (unpaired) electrons. The Morgan fingerprint density at radius 1 is 0.367 bits per heavy atom. The number of hydrogen-bond donors (Lipinski definition) is 0. The Labute approximate surface area is 343 Å². The van der Waals surface area contributed by atoms with E-state index in [0.29, 0.717) is 17.5 Å². The van der Waals surface area contributed by atoms with Crippen LogP contribution in [0.3, 0.4) is 0 Å². The second-order valence-corrected chi connectivity index (χ2v) is 15.6. The molecule has 13 aromatic rings. The standard InChI is InChI=1S/C55H32N4O/c1-2-15-35(16-3-1)53-56-54(43-23-12-19-33-13-6-8-20-40(33)43)58-55(57-53)47-30-38-25-27-39(32-45(38)50-44-22-10-11-24-49(44)60-52(47)50)59-48-31-37-18-5-4-17-36(37)29-46(48)42-28-26-34-14-7-9-21-41(34)51(42)59/h1-32H. The van der Waals surface area contributed by atoms with Crippen molar-refractivity contribution in [3.8, 4) is 39.9 Å². The Kier molecular flexibility index (Phi) is 6.95. The molecule has 0 saturated heterocycles. The third-order valence-corrected chi connectivity index (χ3v) is 12.2. The van der Waals surface area contributed by atoms with Crippen molar-refractivity contribution < 1.29 is 4.42 Å². The smallest absolute Gasteiger partial charge is 0.167 e. The molecule has 0 saturated carbocycles. The normalized spacial score (nSPS) is 12.0. The van der Waals surface area contributed by atoms with Crippen LogP contribution >= 0.6 is 0 Å². The second kappa shape index (κ2) is 12.7. The molecule has 3 heterocycles. The van der Waals surface area contributed by atoms with Crippen molar-refractivity contribution in [2.24, 2.45) is 0 Å². The van der Waals surface area contributed by atoms with E-state index in [2.05, 4.69) is 156 Å². The van der Waals surface area contributed by atoms with Gasteiger partial charge in [-0.05, 0) is 74.1 Å². The minimum absolute atomic E-state index is 0.558. The Bertz CT molecular complexity index is 3890. The quantitative estimate of drug-likeness (QED) is 0.179. The fraction of sp³-hybridized carbons (Fsp3) is 0. The van der Waals surface area contributed by atoms with E-state index in [-0.39, 0.29) is 0 Å². The Hall–Kier alpha value is -8.15. The van der Waals surface area contributed by atoms with E-state index in [1.165, 1.54) is 43.4 Å². The number of hydrogen-bond acceptors (Lipinski definition) is 4. The first-order valence-corrected chi connectivity index (χ1v) is 20.3. The molecule has 13 rings (SSSR count). The van der Waals surface area contributed by atoms with E-state index >= 15 is 0 Å². The maximum absolute atomic E-state index is 6.88. The highest BCUT2D eigenvalue weighted by molar-refractivity contribution is 6.24. The minimum atomic E-state index is 0.558. The molecule has 278 valence electrons. The lowest BCUT2D eigenvalue weighted by Gasteiger charge is -2.13. The van der Waals surface area contributed by atoms with Gasteiger partial charge in [0.1, 0.15) is 11.2 Å². The van der Waals surface area contributed by atoms with Crippen LogP contribution < -0.4 is 0 Å². The van der Waals surface area contributed by atoms with Gasteiger partial charge in [-0.15, -0.1) is 0 Å². The third kappa shape index (κ3) is 4.90. The topological polar surface area (TPSA) is 56.7 Å². The lowest BCUT2D eigenvalue weighted by molar-refractivity contribution is 0.670. The molecule has 0 bridgehead atoms. The third-order valence-electron chi connectivity index (χ3n) is 12.2. The van der Waals surface area contributed by atoms with Gasteiger partial charge in [-0.25, -0.2) is 15.0 Å². The summed E-state index contributed by atoms with van der Waals surface area (Å²) in [5, 5.41) is 13.8. The fourth-order valence-electron chi connectivity index (χ4n) is 9.40. The number of rotatable bonds is 4. The van der Waals surface area contributed by atoms with Crippen LogP contribution in [0.25, 0.3) is 127 Å². The first kappa shape index (κ1) is 32.9. The van der Waals surface area contributed by atoms with Gasteiger partial charge in [-0.3, -0.25) is 0 Å². The second-order valence-electron chi connectivity index (χ2n) is 15.6. The maximum atomic E-state index is 6.88. The number of nitrogens with zero attached hydrogens (tertiary/aromatic N) is 4. The van der Waals surface area contributed by atoms with Crippen molar-refractivity contribution in [1.29, 1.82) is 0 Å². The zero-order valence-corrected chi connectivity index (χ0v) is 32.2. The summed E-state index contributed by atoms with van der Waals surface area (Å²) < 4.78 is 9.33. The van der Waals surface area contributed by atoms with Gasteiger partial charge < -0.3 is 8.98 Å². The van der Waals surface area contributed by atoms with E-state index in [0.717, 1.165) is 65.9 Å². The summed E-state index contributed by atoms with van der Waals surface area (Å²) in [6.07, 6.45) is 0. The summed E-state index contributed by atoms with van der Waals surface area (Å²) in [5.41, 5.74) is 7.69. The van der Waals surface area contributed by atoms with Crippen LogP contribution in [0.4, 0.5) is 0 Å². The number of benzene rings is 10. The predicted molar refractivity (Wildman–Crippen MR) is 248 cm³/mol. The molecule has 5 nitrogen and oxygen atoms in total. The van der Waals surface area contributed by atoms with Gasteiger partial charge in [0, 0.05) is 43.7 Å². The molecule has 0 spiro atoms. The molecular formula is C55H32N4O. The molecule has 5 heteroatoms. The SMILES string of the molecule is c1ccc(-c2nc(-c3cccc4ccccc34)nc(-c3cc4ccc(-n5c6cc7ccccc7cc6c6ccc7ccccc7c65)cc4c4c3oc3ccccc34)n2)cc1. The summed E-state index contributed by atoms with van der Waals surface area (Å²) in [4.78, 5) is 15.6. The highest BCUT2D eigenvalue weighted by Gasteiger charge is 2.22. The van der Waals surface area contributed by atoms with Gasteiger partial charge in [0.25, 0.3) is 0 Å². The summed E-state index contributed by atoms with van der Waals surface area (Å²) in [6.45, 7) is 0. The minimum Gasteiger partial charge on any atom is -0.455 e. The summed E-state index contributed by atoms with van der Waals surface area (Å²) in [5.74, 6) is 1.78. The van der Waals surface area contributed by atoms with E-state index in [1.807, 2.05) is 42.5 Å².